The Balaban J connectivity index is 2.30. The van der Waals surface area contributed by atoms with Crippen molar-refractivity contribution < 1.29 is 4.74 Å². The van der Waals surface area contributed by atoms with Crippen LogP contribution in [0, 0.1) is 6.92 Å². The van der Waals surface area contributed by atoms with Crippen molar-refractivity contribution in [1.82, 2.24) is 15.2 Å². The molecule has 5 nitrogen and oxygen atoms in total. The molecule has 0 aliphatic carbocycles. The van der Waals surface area contributed by atoms with Crippen molar-refractivity contribution in [3.05, 3.63) is 47.3 Å². The third kappa shape index (κ3) is 3.62. The minimum Gasteiger partial charge on any atom is -0.493 e. The molecule has 0 saturated carbocycles. The quantitative estimate of drug-likeness (QED) is 0.606. The second kappa shape index (κ2) is 7.24. The molecule has 0 radical (unpaired) electrons. The fraction of sp³-hybridized carbons (Fsp3) is 0.438. The summed E-state index contributed by atoms with van der Waals surface area (Å²) in [4.78, 5) is 0. The van der Waals surface area contributed by atoms with Crippen LogP contribution in [0.25, 0.3) is 0 Å². The summed E-state index contributed by atoms with van der Waals surface area (Å²) in [6.45, 7) is 5.07. The summed E-state index contributed by atoms with van der Waals surface area (Å²) in [5, 5.41) is 4.40. The Morgan fingerprint density at radius 1 is 1.43 bits per heavy atom. The molecular formula is C16H24N4O. The van der Waals surface area contributed by atoms with E-state index < -0.39 is 0 Å². The number of aryl methyl sites for hydroxylation is 2. The van der Waals surface area contributed by atoms with E-state index in [1.807, 2.05) is 4.68 Å². The Morgan fingerprint density at radius 2 is 2.24 bits per heavy atom. The third-order valence-corrected chi connectivity index (χ3v) is 3.55. The third-order valence-electron chi connectivity index (χ3n) is 3.55. The van der Waals surface area contributed by atoms with E-state index >= 15 is 0 Å². The standard InChI is InChI=1S/C16H24N4O/c1-4-8-20-16(15(21-3)11-18-20)14(19-17)10-13-7-5-6-12(2)9-13/h5-7,9,11,14,19H,4,8,10,17H2,1-3H3. The number of benzene rings is 1. The molecule has 21 heavy (non-hydrogen) atoms. The van der Waals surface area contributed by atoms with Crippen LogP contribution in [0.4, 0.5) is 0 Å². The van der Waals surface area contributed by atoms with Gasteiger partial charge in [-0.15, -0.1) is 0 Å². The molecule has 1 unspecified atom stereocenters. The van der Waals surface area contributed by atoms with Gasteiger partial charge in [-0.2, -0.15) is 5.10 Å². The van der Waals surface area contributed by atoms with Gasteiger partial charge in [-0.3, -0.25) is 16.0 Å². The molecule has 1 atom stereocenters. The lowest BCUT2D eigenvalue weighted by Crippen LogP contribution is -2.31. The minimum atomic E-state index is -0.0317. The van der Waals surface area contributed by atoms with Crippen LogP contribution in [0.5, 0.6) is 5.75 Å². The van der Waals surface area contributed by atoms with Crippen molar-refractivity contribution in [1.29, 1.82) is 0 Å². The van der Waals surface area contributed by atoms with E-state index in [1.54, 1.807) is 13.3 Å². The van der Waals surface area contributed by atoms with Gasteiger partial charge in [-0.05, 0) is 25.3 Å². The number of hydrazine groups is 1. The predicted octanol–water partition coefficient (Wildman–Crippen LogP) is 2.36. The van der Waals surface area contributed by atoms with Crippen molar-refractivity contribution in [2.24, 2.45) is 5.84 Å². The van der Waals surface area contributed by atoms with E-state index in [9.17, 15) is 0 Å². The van der Waals surface area contributed by atoms with Gasteiger partial charge >= 0.3 is 0 Å². The maximum atomic E-state index is 5.79. The highest BCUT2D eigenvalue weighted by molar-refractivity contribution is 5.31. The summed E-state index contributed by atoms with van der Waals surface area (Å²) < 4.78 is 7.41. The number of rotatable bonds is 7. The Bertz CT molecular complexity index is 579. The fourth-order valence-corrected chi connectivity index (χ4v) is 2.59. The summed E-state index contributed by atoms with van der Waals surface area (Å²) in [6.07, 6.45) is 3.56. The molecule has 2 aromatic rings. The number of ether oxygens (including phenoxy) is 1. The highest BCUT2D eigenvalue weighted by atomic mass is 16.5. The van der Waals surface area contributed by atoms with E-state index in [2.05, 4.69) is 48.6 Å². The molecular weight excluding hydrogens is 264 g/mol. The maximum absolute atomic E-state index is 5.79. The first kappa shape index (κ1) is 15.5. The highest BCUT2D eigenvalue weighted by Gasteiger charge is 2.21. The highest BCUT2D eigenvalue weighted by Crippen LogP contribution is 2.27. The first-order chi connectivity index (χ1) is 10.2. The van der Waals surface area contributed by atoms with Crippen LogP contribution in [0.1, 0.15) is 36.2 Å². The van der Waals surface area contributed by atoms with Crippen LogP contribution >= 0.6 is 0 Å². The van der Waals surface area contributed by atoms with Crippen LogP contribution in [0.15, 0.2) is 30.5 Å². The largest absolute Gasteiger partial charge is 0.493 e. The van der Waals surface area contributed by atoms with Gasteiger partial charge in [-0.25, -0.2) is 0 Å². The molecule has 2 rings (SSSR count). The van der Waals surface area contributed by atoms with Gasteiger partial charge in [0.15, 0.2) is 5.75 Å². The molecule has 0 aliphatic rings. The molecule has 0 aliphatic heterocycles. The molecule has 3 N–H and O–H groups in total. The van der Waals surface area contributed by atoms with Crippen molar-refractivity contribution in [3.63, 3.8) is 0 Å². The van der Waals surface area contributed by atoms with E-state index in [0.717, 1.165) is 30.8 Å². The number of methoxy groups -OCH3 is 1. The number of hydrogen-bond acceptors (Lipinski definition) is 4. The number of hydrogen-bond donors (Lipinski definition) is 2. The second-order valence-electron chi connectivity index (χ2n) is 5.23. The van der Waals surface area contributed by atoms with Crippen LogP contribution in [0.3, 0.4) is 0 Å². The maximum Gasteiger partial charge on any atom is 0.161 e. The fourth-order valence-electron chi connectivity index (χ4n) is 2.59. The van der Waals surface area contributed by atoms with Gasteiger partial charge in [0.2, 0.25) is 0 Å². The number of nitrogens with one attached hydrogen (secondary N) is 1. The molecule has 1 aromatic carbocycles. The molecule has 0 bridgehead atoms. The molecule has 1 aromatic heterocycles. The zero-order chi connectivity index (χ0) is 15.2. The van der Waals surface area contributed by atoms with Crippen LogP contribution in [-0.4, -0.2) is 16.9 Å². The summed E-state index contributed by atoms with van der Waals surface area (Å²) in [5.74, 6) is 6.57. The zero-order valence-corrected chi connectivity index (χ0v) is 13.0. The monoisotopic (exact) mass is 288 g/mol. The summed E-state index contributed by atoms with van der Waals surface area (Å²) in [7, 11) is 1.66. The van der Waals surface area contributed by atoms with Gasteiger partial charge in [-0.1, -0.05) is 36.8 Å². The average molecular weight is 288 g/mol. The molecule has 1 heterocycles. The van der Waals surface area contributed by atoms with Crippen molar-refractivity contribution >= 4 is 0 Å². The lowest BCUT2D eigenvalue weighted by molar-refractivity contribution is 0.389. The number of nitrogens with zero attached hydrogens (tertiary/aromatic N) is 2. The average Bonchev–Trinajstić information content (AvgIpc) is 2.88. The zero-order valence-electron chi connectivity index (χ0n) is 13.0. The molecule has 0 fully saturated rings. The molecule has 114 valence electrons. The van der Waals surface area contributed by atoms with E-state index in [-0.39, 0.29) is 6.04 Å². The van der Waals surface area contributed by atoms with Crippen LogP contribution < -0.4 is 16.0 Å². The topological polar surface area (TPSA) is 65.1 Å². The van der Waals surface area contributed by atoms with Crippen LogP contribution in [0.2, 0.25) is 0 Å². The van der Waals surface area contributed by atoms with Gasteiger partial charge in [0.25, 0.3) is 0 Å². The minimum absolute atomic E-state index is 0.0317. The molecule has 0 amide bonds. The number of aromatic nitrogens is 2. The Hall–Kier alpha value is -1.85. The second-order valence-corrected chi connectivity index (χ2v) is 5.23. The first-order valence-electron chi connectivity index (χ1n) is 7.31. The van der Waals surface area contributed by atoms with Crippen molar-refractivity contribution in [2.45, 2.75) is 39.3 Å². The van der Waals surface area contributed by atoms with E-state index in [4.69, 9.17) is 10.6 Å². The number of nitrogens with two attached hydrogens (primary N) is 1. The SMILES string of the molecule is CCCn1ncc(OC)c1C(Cc1cccc(C)c1)NN. The summed E-state index contributed by atoms with van der Waals surface area (Å²) in [5.41, 5.74) is 6.40. The predicted molar refractivity (Wildman–Crippen MR) is 84.0 cm³/mol. The van der Waals surface area contributed by atoms with Gasteiger partial charge in [0.1, 0.15) is 0 Å². The first-order valence-corrected chi connectivity index (χ1v) is 7.31. The van der Waals surface area contributed by atoms with Crippen molar-refractivity contribution in [2.75, 3.05) is 7.11 Å². The molecule has 0 spiro atoms. The molecule has 0 saturated heterocycles. The Labute approximate surface area is 126 Å². The smallest absolute Gasteiger partial charge is 0.161 e. The van der Waals surface area contributed by atoms with Gasteiger partial charge in [0.05, 0.1) is 25.0 Å². The summed E-state index contributed by atoms with van der Waals surface area (Å²) in [6, 6.07) is 8.42. The van der Waals surface area contributed by atoms with Crippen molar-refractivity contribution in [3.8, 4) is 5.75 Å². The lowest BCUT2D eigenvalue weighted by atomic mass is 10.0. The van der Waals surface area contributed by atoms with Gasteiger partial charge < -0.3 is 4.74 Å². The van der Waals surface area contributed by atoms with Gasteiger partial charge in [0, 0.05) is 6.54 Å². The van der Waals surface area contributed by atoms with E-state index in [0.29, 0.717) is 0 Å². The van der Waals surface area contributed by atoms with Crippen LogP contribution in [-0.2, 0) is 13.0 Å². The molecule has 5 heteroatoms. The Morgan fingerprint density at radius 3 is 2.86 bits per heavy atom. The van der Waals surface area contributed by atoms with E-state index in [1.165, 1.54) is 11.1 Å². The lowest BCUT2D eigenvalue weighted by Gasteiger charge is -2.19. The Kier molecular flexibility index (Phi) is 5.36. The normalized spacial score (nSPS) is 12.4. The summed E-state index contributed by atoms with van der Waals surface area (Å²) >= 11 is 0.